The summed E-state index contributed by atoms with van der Waals surface area (Å²) < 4.78 is 4.97. The number of hydrogen-bond acceptors (Lipinski definition) is 3. The van der Waals surface area contributed by atoms with Crippen molar-refractivity contribution in [1.29, 1.82) is 0 Å². The molecule has 1 aromatic carbocycles. The van der Waals surface area contributed by atoms with E-state index in [-0.39, 0.29) is 11.9 Å². The van der Waals surface area contributed by atoms with E-state index in [0.29, 0.717) is 12.3 Å². The molecule has 0 bridgehead atoms. The number of amides is 1. The second kappa shape index (κ2) is 6.15. The Balaban J connectivity index is 2.07. The molecule has 2 N–H and O–H groups in total. The van der Waals surface area contributed by atoms with Crippen LogP contribution in [0.4, 0.5) is 0 Å². The second-order valence-electron chi connectivity index (χ2n) is 4.36. The molecule has 0 aliphatic heterocycles. The zero-order chi connectivity index (χ0) is 13.7. The SMILES string of the molecule is COCC(C)NC(=O)c1cc(-c2ccccc2)n[nH]1. The lowest BCUT2D eigenvalue weighted by Gasteiger charge is -2.11. The molecule has 5 heteroatoms. The summed E-state index contributed by atoms with van der Waals surface area (Å²) in [6.07, 6.45) is 0. The van der Waals surface area contributed by atoms with E-state index in [9.17, 15) is 4.79 Å². The summed E-state index contributed by atoms with van der Waals surface area (Å²) in [6.45, 7) is 2.36. The molecule has 5 nitrogen and oxygen atoms in total. The number of aromatic nitrogens is 2. The number of rotatable bonds is 5. The van der Waals surface area contributed by atoms with Crippen molar-refractivity contribution in [2.45, 2.75) is 13.0 Å². The molecule has 0 aliphatic rings. The molecule has 0 radical (unpaired) electrons. The van der Waals surface area contributed by atoms with Gasteiger partial charge in [0.1, 0.15) is 5.69 Å². The number of hydrogen-bond donors (Lipinski definition) is 2. The van der Waals surface area contributed by atoms with Gasteiger partial charge < -0.3 is 10.1 Å². The van der Waals surface area contributed by atoms with E-state index in [1.54, 1.807) is 13.2 Å². The third-order valence-electron chi connectivity index (χ3n) is 2.69. The Kier molecular flexibility index (Phi) is 4.30. The highest BCUT2D eigenvalue weighted by atomic mass is 16.5. The van der Waals surface area contributed by atoms with E-state index in [1.165, 1.54) is 0 Å². The van der Waals surface area contributed by atoms with E-state index in [1.807, 2.05) is 37.3 Å². The maximum Gasteiger partial charge on any atom is 0.269 e. The minimum atomic E-state index is -0.181. The molecule has 19 heavy (non-hydrogen) atoms. The normalized spacial score (nSPS) is 12.1. The van der Waals surface area contributed by atoms with Crippen LogP contribution in [0.5, 0.6) is 0 Å². The Labute approximate surface area is 112 Å². The average molecular weight is 259 g/mol. The first-order valence-electron chi connectivity index (χ1n) is 6.11. The number of ether oxygens (including phenoxy) is 1. The maximum absolute atomic E-state index is 11.9. The molecule has 100 valence electrons. The van der Waals surface area contributed by atoms with Gasteiger partial charge in [0, 0.05) is 18.7 Å². The van der Waals surface area contributed by atoms with Crippen LogP contribution < -0.4 is 5.32 Å². The molecule has 0 aliphatic carbocycles. The Hall–Kier alpha value is -2.14. The molecular weight excluding hydrogens is 242 g/mol. The number of nitrogens with one attached hydrogen (secondary N) is 2. The molecule has 0 spiro atoms. The second-order valence-corrected chi connectivity index (χ2v) is 4.36. The Morgan fingerprint density at radius 3 is 2.84 bits per heavy atom. The molecule has 1 amide bonds. The first-order valence-corrected chi connectivity index (χ1v) is 6.11. The van der Waals surface area contributed by atoms with Crippen molar-refractivity contribution >= 4 is 5.91 Å². The number of benzene rings is 1. The number of methoxy groups -OCH3 is 1. The molecule has 1 unspecified atom stereocenters. The van der Waals surface area contributed by atoms with Gasteiger partial charge in [-0.2, -0.15) is 5.10 Å². The maximum atomic E-state index is 11.9. The van der Waals surface area contributed by atoms with Gasteiger partial charge in [-0.1, -0.05) is 30.3 Å². The summed E-state index contributed by atoms with van der Waals surface area (Å²) >= 11 is 0. The van der Waals surface area contributed by atoms with Crippen LogP contribution in [0, 0.1) is 0 Å². The summed E-state index contributed by atoms with van der Waals surface area (Å²) in [7, 11) is 1.60. The third kappa shape index (κ3) is 3.42. The van der Waals surface area contributed by atoms with Crippen molar-refractivity contribution in [2.75, 3.05) is 13.7 Å². The van der Waals surface area contributed by atoms with Gasteiger partial charge in [-0.15, -0.1) is 0 Å². The van der Waals surface area contributed by atoms with Crippen molar-refractivity contribution in [3.63, 3.8) is 0 Å². The molecule has 1 heterocycles. The number of nitrogens with zero attached hydrogens (tertiary/aromatic N) is 1. The predicted molar refractivity (Wildman–Crippen MR) is 72.8 cm³/mol. The smallest absolute Gasteiger partial charge is 0.269 e. The van der Waals surface area contributed by atoms with Crippen molar-refractivity contribution in [2.24, 2.45) is 0 Å². The number of carbonyl (C=O) groups is 1. The molecule has 2 rings (SSSR count). The van der Waals surface area contributed by atoms with Gasteiger partial charge in [-0.25, -0.2) is 0 Å². The fourth-order valence-electron chi connectivity index (χ4n) is 1.79. The first kappa shape index (κ1) is 13.3. The highest BCUT2D eigenvalue weighted by Gasteiger charge is 2.13. The number of aromatic amines is 1. The van der Waals surface area contributed by atoms with Gasteiger partial charge in [0.05, 0.1) is 12.3 Å². The first-order chi connectivity index (χ1) is 9.20. The third-order valence-corrected chi connectivity index (χ3v) is 2.69. The van der Waals surface area contributed by atoms with Crippen LogP contribution in [-0.2, 0) is 4.74 Å². The molecule has 2 aromatic rings. The van der Waals surface area contributed by atoms with E-state index >= 15 is 0 Å². The molecule has 0 saturated carbocycles. The van der Waals surface area contributed by atoms with Crippen molar-refractivity contribution in [3.8, 4) is 11.3 Å². The zero-order valence-electron chi connectivity index (χ0n) is 11.0. The fraction of sp³-hybridized carbons (Fsp3) is 0.286. The lowest BCUT2D eigenvalue weighted by molar-refractivity contribution is 0.0900. The van der Waals surface area contributed by atoms with Gasteiger partial charge in [0.2, 0.25) is 0 Å². The van der Waals surface area contributed by atoms with E-state index < -0.39 is 0 Å². The van der Waals surface area contributed by atoms with E-state index in [2.05, 4.69) is 15.5 Å². The van der Waals surface area contributed by atoms with E-state index in [0.717, 1.165) is 11.3 Å². The van der Waals surface area contributed by atoms with Crippen LogP contribution in [0.2, 0.25) is 0 Å². The average Bonchev–Trinajstić information content (AvgIpc) is 2.89. The Morgan fingerprint density at radius 2 is 2.16 bits per heavy atom. The van der Waals surface area contributed by atoms with Crippen LogP contribution in [0.3, 0.4) is 0 Å². The summed E-state index contributed by atoms with van der Waals surface area (Å²) in [6, 6.07) is 11.4. The van der Waals surface area contributed by atoms with Crippen molar-refractivity contribution in [3.05, 3.63) is 42.1 Å². The summed E-state index contributed by atoms with van der Waals surface area (Å²) in [4.78, 5) is 11.9. The summed E-state index contributed by atoms with van der Waals surface area (Å²) in [5.41, 5.74) is 2.18. The number of carbonyl (C=O) groups excluding carboxylic acids is 1. The van der Waals surface area contributed by atoms with Gasteiger partial charge in [-0.05, 0) is 13.0 Å². The van der Waals surface area contributed by atoms with Crippen LogP contribution in [0.1, 0.15) is 17.4 Å². The summed E-state index contributed by atoms with van der Waals surface area (Å²) in [5, 5.41) is 9.72. The highest BCUT2D eigenvalue weighted by molar-refractivity contribution is 5.93. The van der Waals surface area contributed by atoms with Gasteiger partial charge in [-0.3, -0.25) is 9.89 Å². The monoisotopic (exact) mass is 259 g/mol. The standard InChI is InChI=1S/C14H17N3O2/c1-10(9-19-2)15-14(18)13-8-12(16-17-13)11-6-4-3-5-7-11/h3-8,10H,9H2,1-2H3,(H,15,18)(H,16,17). The van der Waals surface area contributed by atoms with Gasteiger partial charge in [0.15, 0.2) is 0 Å². The molecule has 0 saturated heterocycles. The Morgan fingerprint density at radius 1 is 1.42 bits per heavy atom. The van der Waals surface area contributed by atoms with Crippen molar-refractivity contribution < 1.29 is 9.53 Å². The summed E-state index contributed by atoms with van der Waals surface area (Å²) in [5.74, 6) is -0.181. The zero-order valence-corrected chi connectivity index (χ0v) is 11.0. The molecule has 0 fully saturated rings. The minimum Gasteiger partial charge on any atom is -0.383 e. The quantitative estimate of drug-likeness (QED) is 0.861. The van der Waals surface area contributed by atoms with Crippen LogP contribution in [0.25, 0.3) is 11.3 Å². The molecule has 1 atom stereocenters. The van der Waals surface area contributed by atoms with E-state index in [4.69, 9.17) is 4.74 Å². The van der Waals surface area contributed by atoms with Crippen LogP contribution in [-0.4, -0.2) is 35.9 Å². The predicted octanol–water partition coefficient (Wildman–Crippen LogP) is 1.84. The fourth-order valence-corrected chi connectivity index (χ4v) is 1.79. The topological polar surface area (TPSA) is 67.0 Å². The molecular formula is C14H17N3O2. The minimum absolute atomic E-state index is 0.0408. The molecule has 1 aromatic heterocycles. The van der Waals surface area contributed by atoms with Gasteiger partial charge in [0.25, 0.3) is 5.91 Å². The van der Waals surface area contributed by atoms with Crippen molar-refractivity contribution in [1.82, 2.24) is 15.5 Å². The Bertz CT molecular complexity index is 537. The van der Waals surface area contributed by atoms with Crippen LogP contribution in [0.15, 0.2) is 36.4 Å². The lowest BCUT2D eigenvalue weighted by atomic mass is 10.1. The largest absolute Gasteiger partial charge is 0.383 e. The lowest BCUT2D eigenvalue weighted by Crippen LogP contribution is -2.35. The highest BCUT2D eigenvalue weighted by Crippen LogP contribution is 2.16. The number of H-pyrrole nitrogens is 1. The van der Waals surface area contributed by atoms with Gasteiger partial charge >= 0.3 is 0 Å². The van der Waals surface area contributed by atoms with Crippen LogP contribution >= 0.6 is 0 Å².